The zero-order valence-corrected chi connectivity index (χ0v) is 18.2. The Morgan fingerprint density at radius 3 is 2.35 bits per heavy atom. The first-order chi connectivity index (χ1) is 15.1. The maximum absolute atomic E-state index is 12.9. The predicted molar refractivity (Wildman–Crippen MR) is 121 cm³/mol. The average molecular weight is 436 g/mol. The number of hydrogen-bond donors (Lipinski definition) is 1. The molecule has 1 aliphatic rings. The molecule has 1 aliphatic heterocycles. The minimum atomic E-state index is -0.305. The van der Waals surface area contributed by atoms with Crippen molar-refractivity contribution in [3.8, 4) is 0 Å². The van der Waals surface area contributed by atoms with Crippen LogP contribution in [0.15, 0.2) is 60.7 Å². The van der Waals surface area contributed by atoms with Crippen LogP contribution in [0.1, 0.15) is 41.0 Å². The van der Waals surface area contributed by atoms with Crippen LogP contribution in [0.4, 0.5) is 9.93 Å². The molecule has 2 aromatic carbocycles. The Morgan fingerprint density at radius 2 is 1.74 bits per heavy atom. The Morgan fingerprint density at radius 1 is 1.10 bits per heavy atom. The number of carbonyl (C=O) groups is 2. The maximum atomic E-state index is 12.9. The highest BCUT2D eigenvalue weighted by molar-refractivity contribution is 7.15. The monoisotopic (exact) mass is 435 g/mol. The summed E-state index contributed by atoms with van der Waals surface area (Å²) in [6, 6.07) is 20.1. The van der Waals surface area contributed by atoms with Gasteiger partial charge in [-0.25, -0.2) is 9.78 Å². The summed E-state index contributed by atoms with van der Waals surface area (Å²) >= 11 is 1.43. The van der Waals surface area contributed by atoms with Gasteiger partial charge in [0.2, 0.25) is 5.91 Å². The molecule has 2 heterocycles. The van der Waals surface area contributed by atoms with E-state index < -0.39 is 0 Å². The second-order valence-corrected chi connectivity index (χ2v) is 8.47. The summed E-state index contributed by atoms with van der Waals surface area (Å²) < 4.78 is 5.10. The summed E-state index contributed by atoms with van der Waals surface area (Å²) in [4.78, 5) is 32.2. The van der Waals surface area contributed by atoms with Crippen LogP contribution >= 0.6 is 11.3 Å². The number of ether oxygens (including phenoxy) is 1. The SMILES string of the molecule is CCOC(=O)N1CCc2nc(NC(=O)CC(c3ccccc3)c3ccccc3)sc2C1. The molecule has 4 rings (SSSR count). The first-order valence-corrected chi connectivity index (χ1v) is 11.3. The summed E-state index contributed by atoms with van der Waals surface area (Å²) in [5.74, 6) is -0.109. The molecule has 0 fully saturated rings. The van der Waals surface area contributed by atoms with Crippen molar-refractivity contribution < 1.29 is 14.3 Å². The van der Waals surface area contributed by atoms with E-state index in [0.717, 1.165) is 21.7 Å². The standard InChI is InChI=1S/C24H25N3O3S/c1-2-30-24(29)27-14-13-20-21(16-27)31-23(25-20)26-22(28)15-19(17-9-5-3-6-10-17)18-11-7-4-8-12-18/h3-12,19H,2,13-16H2,1H3,(H,25,26,28). The number of nitrogens with zero attached hydrogens (tertiary/aromatic N) is 2. The third-order valence-corrected chi connectivity index (χ3v) is 6.29. The first-order valence-electron chi connectivity index (χ1n) is 10.4. The number of amides is 2. The number of rotatable bonds is 6. The molecule has 0 saturated carbocycles. The first kappa shape index (κ1) is 21.1. The van der Waals surface area contributed by atoms with Crippen molar-refractivity contribution in [3.63, 3.8) is 0 Å². The van der Waals surface area contributed by atoms with Gasteiger partial charge in [-0.3, -0.25) is 4.79 Å². The summed E-state index contributed by atoms with van der Waals surface area (Å²) in [5, 5.41) is 3.56. The molecule has 31 heavy (non-hydrogen) atoms. The lowest BCUT2D eigenvalue weighted by Crippen LogP contribution is -2.35. The zero-order valence-electron chi connectivity index (χ0n) is 17.4. The lowest BCUT2D eigenvalue weighted by Gasteiger charge is -2.24. The number of hydrogen-bond acceptors (Lipinski definition) is 5. The summed E-state index contributed by atoms with van der Waals surface area (Å²) in [5.41, 5.74) is 3.16. The van der Waals surface area contributed by atoms with Gasteiger partial charge in [-0.15, -0.1) is 0 Å². The Hall–Kier alpha value is -3.19. The Kier molecular flexibility index (Phi) is 6.62. The van der Waals surface area contributed by atoms with Gasteiger partial charge in [0, 0.05) is 30.2 Å². The van der Waals surface area contributed by atoms with Crippen LogP contribution < -0.4 is 5.32 Å². The van der Waals surface area contributed by atoms with E-state index in [0.29, 0.717) is 37.7 Å². The van der Waals surface area contributed by atoms with E-state index >= 15 is 0 Å². The van der Waals surface area contributed by atoms with E-state index in [-0.39, 0.29) is 17.9 Å². The molecule has 0 unspecified atom stereocenters. The smallest absolute Gasteiger partial charge is 0.410 e. The Bertz CT molecular complexity index is 997. The van der Waals surface area contributed by atoms with Crippen LogP contribution in [0, 0.1) is 0 Å². The molecule has 0 aliphatic carbocycles. The van der Waals surface area contributed by atoms with Crippen LogP contribution in [-0.4, -0.2) is 35.0 Å². The number of fused-ring (bicyclic) bond motifs is 1. The number of anilines is 1. The fourth-order valence-electron chi connectivity index (χ4n) is 3.77. The van der Waals surface area contributed by atoms with Crippen molar-refractivity contribution >= 4 is 28.5 Å². The van der Waals surface area contributed by atoms with Crippen LogP contribution in [0.3, 0.4) is 0 Å². The lowest BCUT2D eigenvalue weighted by atomic mass is 9.88. The summed E-state index contributed by atoms with van der Waals surface area (Å²) in [6.45, 7) is 3.20. The molecule has 3 aromatic rings. The zero-order chi connectivity index (χ0) is 21.6. The molecule has 7 heteroatoms. The van der Waals surface area contributed by atoms with Gasteiger partial charge in [0.05, 0.1) is 18.8 Å². The van der Waals surface area contributed by atoms with E-state index in [9.17, 15) is 9.59 Å². The summed E-state index contributed by atoms with van der Waals surface area (Å²) in [7, 11) is 0. The second kappa shape index (κ2) is 9.75. The normalized spacial score (nSPS) is 13.0. The van der Waals surface area contributed by atoms with Crippen LogP contribution in [0.5, 0.6) is 0 Å². The number of thiazole rings is 1. The van der Waals surface area contributed by atoms with Gasteiger partial charge < -0.3 is 15.0 Å². The molecule has 2 amide bonds. The number of carbonyl (C=O) groups excluding carboxylic acids is 2. The third kappa shape index (κ3) is 5.11. The highest BCUT2D eigenvalue weighted by Gasteiger charge is 2.26. The average Bonchev–Trinajstić information content (AvgIpc) is 3.20. The van der Waals surface area contributed by atoms with Crippen molar-refractivity contribution in [3.05, 3.63) is 82.4 Å². The van der Waals surface area contributed by atoms with Gasteiger partial charge in [-0.05, 0) is 18.1 Å². The molecule has 0 spiro atoms. The van der Waals surface area contributed by atoms with Crippen LogP contribution in [-0.2, 0) is 22.5 Å². The minimum Gasteiger partial charge on any atom is -0.450 e. The highest BCUT2D eigenvalue weighted by atomic mass is 32.1. The fourth-order valence-corrected chi connectivity index (χ4v) is 4.81. The highest BCUT2D eigenvalue weighted by Crippen LogP contribution is 2.31. The van der Waals surface area contributed by atoms with Gasteiger partial charge in [-0.1, -0.05) is 72.0 Å². The van der Waals surface area contributed by atoms with Gasteiger partial charge in [0.1, 0.15) is 0 Å². The van der Waals surface area contributed by atoms with E-state index in [2.05, 4.69) is 34.6 Å². The van der Waals surface area contributed by atoms with Gasteiger partial charge in [0.15, 0.2) is 5.13 Å². The van der Waals surface area contributed by atoms with Crippen LogP contribution in [0.2, 0.25) is 0 Å². The maximum Gasteiger partial charge on any atom is 0.410 e. The fraction of sp³-hybridized carbons (Fsp3) is 0.292. The van der Waals surface area contributed by atoms with Crippen molar-refractivity contribution in [2.75, 3.05) is 18.5 Å². The van der Waals surface area contributed by atoms with Crippen molar-refractivity contribution in [1.29, 1.82) is 0 Å². The molecule has 0 radical (unpaired) electrons. The Labute approximate surface area is 185 Å². The van der Waals surface area contributed by atoms with Gasteiger partial charge >= 0.3 is 6.09 Å². The lowest BCUT2D eigenvalue weighted by molar-refractivity contribution is -0.116. The predicted octanol–water partition coefficient (Wildman–Crippen LogP) is 4.82. The molecule has 0 bridgehead atoms. The number of aromatic nitrogens is 1. The number of nitrogens with one attached hydrogen (secondary N) is 1. The third-order valence-electron chi connectivity index (χ3n) is 5.30. The van der Waals surface area contributed by atoms with Crippen molar-refractivity contribution in [1.82, 2.24) is 9.88 Å². The van der Waals surface area contributed by atoms with Crippen LogP contribution in [0.25, 0.3) is 0 Å². The van der Waals surface area contributed by atoms with E-state index in [4.69, 9.17) is 4.74 Å². The second-order valence-electron chi connectivity index (χ2n) is 7.39. The molecule has 0 saturated heterocycles. The Balaban J connectivity index is 1.45. The molecule has 0 atom stereocenters. The van der Waals surface area contributed by atoms with Gasteiger partial charge in [-0.2, -0.15) is 0 Å². The molecule has 1 aromatic heterocycles. The molecular formula is C24H25N3O3S. The van der Waals surface area contributed by atoms with E-state index in [1.165, 1.54) is 11.3 Å². The molecule has 6 nitrogen and oxygen atoms in total. The summed E-state index contributed by atoms with van der Waals surface area (Å²) in [6.07, 6.45) is 0.686. The topological polar surface area (TPSA) is 71.5 Å². The molecule has 160 valence electrons. The largest absolute Gasteiger partial charge is 0.450 e. The van der Waals surface area contributed by atoms with E-state index in [1.807, 2.05) is 36.4 Å². The minimum absolute atomic E-state index is 0.0312. The van der Waals surface area contributed by atoms with Crippen molar-refractivity contribution in [2.45, 2.75) is 32.2 Å². The van der Waals surface area contributed by atoms with Crippen molar-refractivity contribution in [2.24, 2.45) is 0 Å². The van der Waals surface area contributed by atoms with Gasteiger partial charge in [0.25, 0.3) is 0 Å². The van der Waals surface area contributed by atoms with E-state index in [1.54, 1.807) is 11.8 Å². The molecule has 1 N–H and O–H groups in total. The number of benzene rings is 2. The quantitative estimate of drug-likeness (QED) is 0.603. The molecular weight excluding hydrogens is 410 g/mol.